The molecule has 1 amide bonds. The Kier molecular flexibility index (Phi) is 8.93. The molecule has 0 spiro atoms. The van der Waals surface area contributed by atoms with E-state index in [0.717, 1.165) is 24.8 Å². The van der Waals surface area contributed by atoms with E-state index in [1.165, 1.54) is 51.5 Å². The van der Waals surface area contributed by atoms with E-state index in [1.54, 1.807) is 47.8 Å². The molecule has 3 heterocycles. The van der Waals surface area contributed by atoms with Gasteiger partial charge in [0.05, 0.1) is 23.1 Å². The fraction of sp³-hybridized carbons (Fsp3) is 0.241. The number of hydrogen-bond acceptors (Lipinski definition) is 9. The summed E-state index contributed by atoms with van der Waals surface area (Å²) in [6.45, 7) is 2.68. The Hall–Kier alpha value is -3.54. The quantitative estimate of drug-likeness (QED) is 0.0790. The molecule has 0 radical (unpaired) electrons. The SMILES string of the molecule is CCCCCOc1cccc(C2C(C(=O)c3cccs3)=C(O)C(=O)N2c2nnc(SCc3ccc(F)cc3)s2)c1. The zero-order valence-electron chi connectivity index (χ0n) is 21.6. The number of nitrogens with zero attached hydrogens (tertiary/aromatic N) is 3. The summed E-state index contributed by atoms with van der Waals surface area (Å²) >= 11 is 3.83. The van der Waals surface area contributed by atoms with Gasteiger partial charge in [-0.1, -0.05) is 73.2 Å². The second kappa shape index (κ2) is 12.8. The molecule has 206 valence electrons. The summed E-state index contributed by atoms with van der Waals surface area (Å²) in [5, 5.41) is 21.5. The Morgan fingerprint density at radius 1 is 1.12 bits per heavy atom. The molecule has 0 saturated heterocycles. The van der Waals surface area contributed by atoms with Crippen LogP contribution in [0.5, 0.6) is 5.75 Å². The monoisotopic (exact) mass is 595 g/mol. The molecule has 1 aliphatic heterocycles. The highest BCUT2D eigenvalue weighted by Crippen LogP contribution is 2.44. The number of aromatic nitrogens is 2. The Bertz CT molecular complexity index is 1520. The number of halogens is 1. The summed E-state index contributed by atoms with van der Waals surface area (Å²) in [7, 11) is 0. The van der Waals surface area contributed by atoms with Crippen LogP contribution in [0.3, 0.4) is 0 Å². The lowest BCUT2D eigenvalue weighted by Gasteiger charge is -2.24. The lowest BCUT2D eigenvalue weighted by molar-refractivity contribution is -0.117. The second-order valence-corrected chi connectivity index (χ2v) is 12.2. The number of carbonyl (C=O) groups is 2. The molecule has 0 aliphatic carbocycles. The number of Topliss-reactive ketones (excluding diaryl/α,β-unsaturated/α-hetero) is 1. The number of ketones is 1. The highest BCUT2D eigenvalue weighted by Gasteiger charge is 2.46. The normalized spacial score (nSPS) is 15.2. The van der Waals surface area contributed by atoms with Crippen LogP contribution in [0.25, 0.3) is 0 Å². The summed E-state index contributed by atoms with van der Waals surface area (Å²) in [6, 6.07) is 15.9. The molecule has 1 atom stereocenters. The van der Waals surface area contributed by atoms with Gasteiger partial charge in [-0.05, 0) is 53.3 Å². The first-order valence-electron chi connectivity index (χ1n) is 12.7. The Balaban J connectivity index is 1.46. The third-order valence-corrected chi connectivity index (χ3v) is 9.26. The number of hydrogen-bond donors (Lipinski definition) is 1. The molecule has 1 N–H and O–H groups in total. The van der Waals surface area contributed by atoms with Gasteiger partial charge in [0.1, 0.15) is 11.6 Å². The van der Waals surface area contributed by atoms with Crippen molar-refractivity contribution in [3.63, 3.8) is 0 Å². The molecule has 0 saturated carbocycles. The first-order chi connectivity index (χ1) is 19.5. The highest BCUT2D eigenvalue weighted by atomic mass is 32.2. The van der Waals surface area contributed by atoms with Gasteiger partial charge in [-0.2, -0.15) is 0 Å². The van der Waals surface area contributed by atoms with E-state index >= 15 is 0 Å². The number of amides is 1. The number of thioether (sulfide) groups is 1. The third-order valence-electron chi connectivity index (χ3n) is 6.27. The van der Waals surface area contributed by atoms with Gasteiger partial charge in [0.25, 0.3) is 5.91 Å². The standard InChI is InChI=1S/C29H26FN3O4S3/c1-2-3-4-14-37-21-8-5-7-19(16-21)24-23(25(34)22-9-6-15-38-22)26(35)27(36)33(24)28-31-32-29(40-28)39-17-18-10-12-20(30)13-11-18/h5-13,15-16,24,35H,2-4,14,17H2,1H3. The van der Waals surface area contributed by atoms with Crippen LogP contribution in [-0.2, 0) is 10.5 Å². The van der Waals surface area contributed by atoms with Gasteiger partial charge in [-0.25, -0.2) is 4.39 Å². The van der Waals surface area contributed by atoms with Crippen LogP contribution in [0.4, 0.5) is 9.52 Å². The average molecular weight is 596 g/mol. The Morgan fingerprint density at radius 3 is 2.70 bits per heavy atom. The molecule has 1 unspecified atom stereocenters. The smallest absolute Gasteiger partial charge is 0.296 e. The van der Waals surface area contributed by atoms with Crippen molar-refractivity contribution in [3.8, 4) is 5.75 Å². The second-order valence-electron chi connectivity index (χ2n) is 9.04. The maximum Gasteiger partial charge on any atom is 0.296 e. The Morgan fingerprint density at radius 2 is 1.95 bits per heavy atom. The van der Waals surface area contributed by atoms with Crippen molar-refractivity contribution in [1.29, 1.82) is 0 Å². The van der Waals surface area contributed by atoms with Crippen LogP contribution in [0.1, 0.15) is 53.0 Å². The van der Waals surface area contributed by atoms with Crippen molar-refractivity contribution < 1.29 is 23.8 Å². The van der Waals surface area contributed by atoms with Gasteiger partial charge in [0.15, 0.2) is 10.1 Å². The van der Waals surface area contributed by atoms with Gasteiger partial charge >= 0.3 is 0 Å². The third kappa shape index (κ3) is 6.11. The fourth-order valence-corrected chi connectivity index (χ4v) is 6.79. The number of ether oxygens (including phenoxy) is 1. The molecular formula is C29H26FN3O4S3. The van der Waals surface area contributed by atoms with Crippen molar-refractivity contribution >= 4 is 51.3 Å². The zero-order chi connectivity index (χ0) is 28.1. The van der Waals surface area contributed by atoms with Gasteiger partial charge in [-0.15, -0.1) is 21.5 Å². The summed E-state index contributed by atoms with van der Waals surface area (Å²) in [5.74, 6) is -0.892. The summed E-state index contributed by atoms with van der Waals surface area (Å²) in [6.07, 6.45) is 3.05. The van der Waals surface area contributed by atoms with E-state index in [2.05, 4.69) is 17.1 Å². The number of anilines is 1. The average Bonchev–Trinajstić information content (AvgIpc) is 3.72. The van der Waals surface area contributed by atoms with Crippen LogP contribution in [0, 0.1) is 5.82 Å². The number of rotatable bonds is 12. The largest absolute Gasteiger partial charge is 0.503 e. The van der Waals surface area contributed by atoms with E-state index in [0.29, 0.717) is 32.9 Å². The molecule has 7 nitrogen and oxygen atoms in total. The molecule has 1 aliphatic rings. The van der Waals surface area contributed by atoms with Crippen molar-refractivity contribution in [1.82, 2.24) is 10.2 Å². The minimum Gasteiger partial charge on any atom is -0.503 e. The van der Waals surface area contributed by atoms with Gasteiger partial charge < -0.3 is 9.84 Å². The molecular weight excluding hydrogens is 570 g/mol. The number of carbonyl (C=O) groups excluding carboxylic acids is 2. The molecule has 0 fully saturated rings. The first-order valence-corrected chi connectivity index (χ1v) is 15.4. The molecule has 2 aromatic carbocycles. The van der Waals surface area contributed by atoms with Crippen LogP contribution in [0.15, 0.2) is 81.7 Å². The van der Waals surface area contributed by atoms with E-state index in [4.69, 9.17) is 4.74 Å². The van der Waals surface area contributed by atoms with Crippen LogP contribution in [0.2, 0.25) is 0 Å². The van der Waals surface area contributed by atoms with E-state index in [-0.39, 0.29) is 16.5 Å². The first kappa shape index (κ1) is 28.0. The lowest BCUT2D eigenvalue weighted by Crippen LogP contribution is -2.31. The molecule has 4 aromatic rings. The Labute approximate surface area is 243 Å². The van der Waals surface area contributed by atoms with Crippen molar-refractivity contribution in [2.45, 2.75) is 42.3 Å². The fourth-order valence-electron chi connectivity index (χ4n) is 4.29. The van der Waals surface area contributed by atoms with Crippen LogP contribution in [-0.4, -0.2) is 33.6 Å². The number of thiophene rings is 1. The van der Waals surface area contributed by atoms with Gasteiger partial charge in [0.2, 0.25) is 10.9 Å². The minimum atomic E-state index is -0.913. The molecule has 5 rings (SSSR count). The van der Waals surface area contributed by atoms with Crippen LogP contribution >= 0.6 is 34.4 Å². The van der Waals surface area contributed by atoms with E-state index in [1.807, 2.05) is 6.07 Å². The highest BCUT2D eigenvalue weighted by molar-refractivity contribution is 8.00. The number of unbranched alkanes of at least 4 members (excludes halogenated alkanes) is 2. The summed E-state index contributed by atoms with van der Waals surface area (Å²) in [4.78, 5) is 28.8. The zero-order valence-corrected chi connectivity index (χ0v) is 24.0. The number of aliphatic hydroxyl groups excluding tert-OH is 1. The van der Waals surface area contributed by atoms with E-state index in [9.17, 15) is 19.1 Å². The predicted molar refractivity (Wildman–Crippen MR) is 156 cm³/mol. The van der Waals surface area contributed by atoms with Crippen LogP contribution < -0.4 is 9.64 Å². The van der Waals surface area contributed by atoms with Gasteiger partial charge in [-0.3, -0.25) is 14.5 Å². The van der Waals surface area contributed by atoms with Crippen molar-refractivity contribution in [3.05, 3.63) is 99.2 Å². The topological polar surface area (TPSA) is 92.6 Å². The number of aliphatic hydroxyl groups is 1. The van der Waals surface area contributed by atoms with E-state index < -0.39 is 23.5 Å². The summed E-state index contributed by atoms with van der Waals surface area (Å²) in [5.41, 5.74) is 1.52. The maximum absolute atomic E-state index is 13.6. The molecule has 11 heteroatoms. The minimum absolute atomic E-state index is 0.00806. The lowest BCUT2D eigenvalue weighted by atomic mass is 9.95. The molecule has 2 aromatic heterocycles. The molecule has 40 heavy (non-hydrogen) atoms. The predicted octanol–water partition coefficient (Wildman–Crippen LogP) is 7.38. The van der Waals surface area contributed by atoms with Crippen molar-refractivity contribution in [2.24, 2.45) is 0 Å². The van der Waals surface area contributed by atoms with Gasteiger partial charge in [0, 0.05) is 5.75 Å². The summed E-state index contributed by atoms with van der Waals surface area (Å²) < 4.78 is 19.8. The maximum atomic E-state index is 13.6. The van der Waals surface area contributed by atoms with Crippen molar-refractivity contribution in [2.75, 3.05) is 11.5 Å². The number of benzene rings is 2. The molecule has 0 bridgehead atoms.